The van der Waals surface area contributed by atoms with Crippen molar-refractivity contribution >= 4 is 34.9 Å². The molecule has 1 atom stereocenters. The molecule has 0 saturated carbocycles. The van der Waals surface area contributed by atoms with Crippen LogP contribution in [0, 0.1) is 19.7 Å². The van der Waals surface area contributed by atoms with Crippen LogP contribution in [0.25, 0.3) is 11.8 Å². The number of benzene rings is 2. The smallest absolute Gasteiger partial charge is 0.271 e. The summed E-state index contributed by atoms with van der Waals surface area (Å²) in [5, 5.41) is 0.0308. The highest BCUT2D eigenvalue weighted by Gasteiger charge is 2.36. The Hall–Kier alpha value is -4.15. The van der Waals surface area contributed by atoms with E-state index in [1.54, 1.807) is 60.9 Å². The molecule has 0 N–H and O–H groups in total. The Morgan fingerprint density at radius 3 is 2.45 bits per heavy atom. The van der Waals surface area contributed by atoms with Crippen LogP contribution in [0.2, 0.25) is 5.02 Å². The summed E-state index contributed by atoms with van der Waals surface area (Å²) in [5.41, 5.74) is 4.57. The average Bonchev–Trinajstić information content (AvgIpc) is 3.47. The molecular formula is C33H34ClFN4O4S. The molecule has 230 valence electrons. The molecular weight excluding hydrogens is 603 g/mol. The molecule has 4 aromatic rings. The van der Waals surface area contributed by atoms with E-state index in [0.29, 0.717) is 56.4 Å². The lowest BCUT2D eigenvalue weighted by Gasteiger charge is -2.30. The largest absolute Gasteiger partial charge is 0.497 e. The van der Waals surface area contributed by atoms with E-state index >= 15 is 0 Å². The third kappa shape index (κ3) is 5.37. The van der Waals surface area contributed by atoms with Gasteiger partial charge in [-0.15, -0.1) is 0 Å². The summed E-state index contributed by atoms with van der Waals surface area (Å²) >= 11 is 7.33. The highest BCUT2D eigenvalue weighted by molar-refractivity contribution is 7.07. The first kappa shape index (κ1) is 31.3. The standard InChI is InChI=1S/C33H34ClFN4O4S/c1-8-37(9-2)32(41)29-19(4)36-33-39(30(29)24-17-23(42-6)11-13-27(24)43-7)31(40)28(44-33)15-21-14-18(3)38(20(21)5)22-10-12-26(35)25(34)16-22/h10-17,30H,8-9H2,1-7H3/b28-15+/t30-/m1/s1. The summed E-state index contributed by atoms with van der Waals surface area (Å²) in [5.74, 6) is 0.407. The van der Waals surface area contributed by atoms with Crippen LogP contribution < -0.4 is 24.4 Å². The Kier molecular flexibility index (Phi) is 8.85. The van der Waals surface area contributed by atoms with Crippen LogP contribution in [0.15, 0.2) is 63.5 Å². The zero-order chi connectivity index (χ0) is 31.9. The van der Waals surface area contributed by atoms with Gasteiger partial charge < -0.3 is 18.9 Å². The molecule has 1 aliphatic heterocycles. The zero-order valence-electron chi connectivity index (χ0n) is 25.7. The van der Waals surface area contributed by atoms with Gasteiger partial charge in [-0.3, -0.25) is 14.2 Å². The number of aromatic nitrogens is 2. The van der Waals surface area contributed by atoms with Gasteiger partial charge in [0.15, 0.2) is 4.80 Å². The monoisotopic (exact) mass is 636 g/mol. The molecule has 5 rings (SSSR count). The first-order valence-electron chi connectivity index (χ1n) is 14.2. The maximum atomic E-state index is 14.3. The molecule has 0 bridgehead atoms. The van der Waals surface area contributed by atoms with E-state index in [9.17, 15) is 14.0 Å². The van der Waals surface area contributed by atoms with Gasteiger partial charge in [-0.2, -0.15) is 0 Å². The van der Waals surface area contributed by atoms with Crippen molar-refractivity contribution in [2.24, 2.45) is 4.99 Å². The number of ether oxygens (including phenoxy) is 2. The normalized spacial score (nSPS) is 14.8. The van der Waals surface area contributed by atoms with Crippen molar-refractivity contribution in [2.75, 3.05) is 27.3 Å². The Bertz CT molecular complexity index is 1990. The molecule has 1 aliphatic rings. The quantitative estimate of drug-likeness (QED) is 0.262. The van der Waals surface area contributed by atoms with Crippen molar-refractivity contribution in [1.29, 1.82) is 0 Å². The summed E-state index contributed by atoms with van der Waals surface area (Å²) < 4.78 is 29.1. The van der Waals surface area contributed by atoms with Crippen LogP contribution in [0.3, 0.4) is 0 Å². The van der Waals surface area contributed by atoms with E-state index in [1.807, 2.05) is 44.4 Å². The lowest BCUT2D eigenvalue weighted by Crippen LogP contribution is -2.43. The molecule has 3 heterocycles. The number of carbonyl (C=O) groups is 1. The second-order valence-electron chi connectivity index (χ2n) is 10.4. The summed E-state index contributed by atoms with van der Waals surface area (Å²) in [6.07, 6.45) is 1.83. The molecule has 2 aromatic carbocycles. The van der Waals surface area contributed by atoms with Crippen molar-refractivity contribution in [3.05, 3.63) is 107 Å². The van der Waals surface area contributed by atoms with Gasteiger partial charge in [-0.25, -0.2) is 9.38 Å². The fourth-order valence-corrected chi connectivity index (χ4v) is 6.93. The van der Waals surface area contributed by atoms with Gasteiger partial charge in [0.05, 0.1) is 35.0 Å². The van der Waals surface area contributed by atoms with E-state index < -0.39 is 11.9 Å². The summed E-state index contributed by atoms with van der Waals surface area (Å²) in [4.78, 5) is 35.2. The predicted octanol–water partition coefficient (Wildman–Crippen LogP) is 5.32. The molecule has 44 heavy (non-hydrogen) atoms. The molecule has 0 radical (unpaired) electrons. The highest BCUT2D eigenvalue weighted by Crippen LogP contribution is 2.38. The fraction of sp³-hybridized carbons (Fsp3) is 0.303. The number of halogens is 2. The number of methoxy groups -OCH3 is 2. The average molecular weight is 637 g/mol. The molecule has 2 aromatic heterocycles. The topological polar surface area (TPSA) is 78.1 Å². The maximum absolute atomic E-state index is 14.3. The molecule has 0 aliphatic carbocycles. The minimum absolute atomic E-state index is 0.0308. The summed E-state index contributed by atoms with van der Waals surface area (Å²) in [6.45, 7) is 10.5. The van der Waals surface area contributed by atoms with Gasteiger partial charge in [-0.05, 0) is 88.7 Å². The third-order valence-electron chi connectivity index (χ3n) is 7.95. The molecule has 1 amide bonds. The number of carbonyl (C=O) groups excluding carboxylic acids is 1. The van der Waals surface area contributed by atoms with Gasteiger partial charge in [-0.1, -0.05) is 22.9 Å². The molecule has 11 heteroatoms. The number of allylic oxidation sites excluding steroid dienone is 1. The van der Waals surface area contributed by atoms with Gasteiger partial charge in [0.25, 0.3) is 11.5 Å². The number of fused-ring (bicyclic) bond motifs is 1. The predicted molar refractivity (Wildman–Crippen MR) is 171 cm³/mol. The van der Waals surface area contributed by atoms with Crippen LogP contribution >= 0.6 is 22.9 Å². The Morgan fingerprint density at radius 1 is 1.09 bits per heavy atom. The van der Waals surface area contributed by atoms with Crippen LogP contribution in [-0.2, 0) is 4.79 Å². The van der Waals surface area contributed by atoms with E-state index in [1.165, 1.54) is 17.4 Å². The molecule has 0 unspecified atom stereocenters. The fourth-order valence-electron chi connectivity index (χ4n) is 5.72. The number of nitrogens with zero attached hydrogens (tertiary/aromatic N) is 4. The van der Waals surface area contributed by atoms with Gasteiger partial charge >= 0.3 is 0 Å². The first-order chi connectivity index (χ1) is 21.0. The van der Waals surface area contributed by atoms with E-state index in [4.69, 9.17) is 26.1 Å². The second-order valence-corrected chi connectivity index (χ2v) is 11.8. The molecule has 0 fully saturated rings. The number of thiazole rings is 1. The van der Waals surface area contributed by atoms with E-state index in [2.05, 4.69) is 0 Å². The van der Waals surface area contributed by atoms with Crippen molar-refractivity contribution < 1.29 is 18.7 Å². The number of aryl methyl sites for hydroxylation is 1. The minimum atomic E-state index is -0.791. The van der Waals surface area contributed by atoms with Crippen molar-refractivity contribution in [3.8, 4) is 17.2 Å². The highest BCUT2D eigenvalue weighted by atomic mass is 35.5. The van der Waals surface area contributed by atoms with Gasteiger partial charge in [0.1, 0.15) is 23.4 Å². The van der Waals surface area contributed by atoms with Crippen molar-refractivity contribution in [2.45, 2.75) is 40.7 Å². The van der Waals surface area contributed by atoms with Crippen molar-refractivity contribution in [1.82, 2.24) is 14.0 Å². The lowest BCUT2D eigenvalue weighted by atomic mass is 9.93. The number of likely N-dealkylation sites (N-methyl/N-ethyl adjacent to an activating group) is 1. The Balaban J connectivity index is 1.74. The minimum Gasteiger partial charge on any atom is -0.497 e. The first-order valence-corrected chi connectivity index (χ1v) is 15.4. The van der Waals surface area contributed by atoms with Crippen LogP contribution in [-0.4, -0.2) is 47.3 Å². The SMILES string of the molecule is CCN(CC)C(=O)C1=C(C)N=c2s/c(=C/c3cc(C)n(-c4ccc(F)c(Cl)c4)c3C)c(=O)n2[C@@H]1c1cc(OC)ccc1OC. The number of amides is 1. The lowest BCUT2D eigenvalue weighted by molar-refractivity contribution is -0.127. The molecule has 0 spiro atoms. The summed E-state index contributed by atoms with van der Waals surface area (Å²) in [7, 11) is 3.12. The van der Waals surface area contributed by atoms with Gasteiger partial charge in [0.2, 0.25) is 0 Å². The number of rotatable bonds is 8. The van der Waals surface area contributed by atoms with Gasteiger partial charge in [0, 0.05) is 35.7 Å². The Labute approximate surface area is 263 Å². The number of hydrogen-bond donors (Lipinski definition) is 0. The maximum Gasteiger partial charge on any atom is 0.271 e. The van der Waals surface area contributed by atoms with Crippen LogP contribution in [0.4, 0.5) is 4.39 Å². The van der Waals surface area contributed by atoms with Crippen LogP contribution in [0.1, 0.15) is 49.3 Å². The second kappa shape index (κ2) is 12.5. The van der Waals surface area contributed by atoms with Crippen LogP contribution in [0.5, 0.6) is 11.5 Å². The van der Waals surface area contributed by atoms with Crippen molar-refractivity contribution in [3.63, 3.8) is 0 Å². The molecule has 0 saturated heterocycles. The van der Waals surface area contributed by atoms with E-state index in [-0.39, 0.29) is 16.5 Å². The molecule has 8 nitrogen and oxygen atoms in total. The third-order valence-corrected chi connectivity index (χ3v) is 9.23. The zero-order valence-corrected chi connectivity index (χ0v) is 27.3. The van der Waals surface area contributed by atoms with E-state index in [0.717, 1.165) is 17.0 Å². The Morgan fingerprint density at radius 2 is 1.82 bits per heavy atom. The summed E-state index contributed by atoms with van der Waals surface area (Å²) in [6, 6.07) is 11.1. The number of hydrogen-bond acceptors (Lipinski definition) is 6.